The number of anilines is 1. The number of nitrogens with two attached hydrogens (primary N) is 1. The number of rotatable bonds is 2. The molecule has 0 spiro atoms. The van der Waals surface area contributed by atoms with E-state index in [1.54, 1.807) is 0 Å². The lowest BCUT2D eigenvalue weighted by Crippen LogP contribution is -1.83. The van der Waals surface area contributed by atoms with E-state index < -0.39 is 0 Å². The van der Waals surface area contributed by atoms with Gasteiger partial charge in [0.05, 0.1) is 10.2 Å². The van der Waals surface area contributed by atoms with Crippen molar-refractivity contribution in [2.75, 3.05) is 5.73 Å². The van der Waals surface area contributed by atoms with Crippen molar-refractivity contribution in [3.8, 4) is 23.1 Å². The average molecular weight is 285 g/mol. The van der Waals surface area contributed by atoms with E-state index in [0.29, 0.717) is 22.7 Å². The highest BCUT2D eigenvalue weighted by Gasteiger charge is 2.13. The zero-order chi connectivity index (χ0) is 13.5. The Hall–Kier alpha value is -2.81. The Labute approximate surface area is 115 Å². The first kappa shape index (κ1) is 11.1. The van der Waals surface area contributed by atoms with Crippen LogP contribution in [0.2, 0.25) is 0 Å². The van der Waals surface area contributed by atoms with Gasteiger partial charge in [0.15, 0.2) is 11.0 Å². The number of H-pyrrole nitrogens is 1. The SMILES string of the molecule is Nc1nc2ccc(-c3nc(-c4ncn[nH]4)no3)cc2s1. The maximum Gasteiger partial charge on any atom is 0.258 e. The lowest BCUT2D eigenvalue weighted by Gasteiger charge is -1.92. The molecule has 0 saturated carbocycles. The lowest BCUT2D eigenvalue weighted by atomic mass is 10.2. The van der Waals surface area contributed by atoms with Crippen LogP contribution >= 0.6 is 11.3 Å². The van der Waals surface area contributed by atoms with Gasteiger partial charge in [0.1, 0.15) is 6.33 Å². The topological polar surface area (TPSA) is 119 Å². The molecule has 1 aromatic carbocycles. The van der Waals surface area contributed by atoms with Gasteiger partial charge in [-0.1, -0.05) is 16.5 Å². The summed E-state index contributed by atoms with van der Waals surface area (Å²) >= 11 is 1.41. The maximum atomic E-state index is 5.68. The largest absolute Gasteiger partial charge is 0.375 e. The van der Waals surface area contributed by atoms with Crippen molar-refractivity contribution in [2.24, 2.45) is 0 Å². The molecule has 4 rings (SSSR count). The first-order chi connectivity index (χ1) is 9.79. The first-order valence-electron chi connectivity index (χ1n) is 5.65. The van der Waals surface area contributed by atoms with Crippen LogP contribution in [0.5, 0.6) is 0 Å². The van der Waals surface area contributed by atoms with Crippen molar-refractivity contribution < 1.29 is 4.52 Å². The molecule has 0 fully saturated rings. The van der Waals surface area contributed by atoms with Crippen LogP contribution in [0.25, 0.3) is 33.3 Å². The second kappa shape index (κ2) is 4.10. The molecule has 3 N–H and O–H groups in total. The van der Waals surface area contributed by atoms with E-state index >= 15 is 0 Å². The van der Waals surface area contributed by atoms with Crippen LogP contribution in [0.1, 0.15) is 0 Å². The lowest BCUT2D eigenvalue weighted by molar-refractivity contribution is 0.432. The fourth-order valence-corrected chi connectivity index (χ4v) is 2.60. The Morgan fingerprint density at radius 3 is 3.05 bits per heavy atom. The third-order valence-corrected chi connectivity index (χ3v) is 3.55. The van der Waals surface area contributed by atoms with E-state index in [-0.39, 0.29) is 0 Å². The Kier molecular flexibility index (Phi) is 2.27. The molecule has 0 aliphatic heterocycles. The summed E-state index contributed by atoms with van der Waals surface area (Å²) in [6, 6.07) is 5.65. The molecular formula is C11H7N7OS. The predicted molar refractivity (Wildman–Crippen MR) is 72.7 cm³/mol. The van der Waals surface area contributed by atoms with Crippen molar-refractivity contribution >= 4 is 26.7 Å². The van der Waals surface area contributed by atoms with Gasteiger partial charge in [0.25, 0.3) is 5.89 Å². The summed E-state index contributed by atoms with van der Waals surface area (Å²) in [5.74, 6) is 1.23. The highest BCUT2D eigenvalue weighted by atomic mass is 32.1. The molecule has 0 aliphatic carbocycles. The van der Waals surface area contributed by atoms with Crippen LogP contribution in [0.4, 0.5) is 5.13 Å². The fourth-order valence-electron chi connectivity index (χ4n) is 1.83. The van der Waals surface area contributed by atoms with E-state index in [2.05, 4.69) is 30.3 Å². The van der Waals surface area contributed by atoms with Crippen LogP contribution in [-0.4, -0.2) is 30.3 Å². The van der Waals surface area contributed by atoms with Gasteiger partial charge in [-0.2, -0.15) is 10.1 Å². The molecule has 0 amide bonds. The van der Waals surface area contributed by atoms with Gasteiger partial charge >= 0.3 is 0 Å². The molecule has 0 atom stereocenters. The van der Waals surface area contributed by atoms with Crippen LogP contribution in [0, 0.1) is 0 Å². The number of fused-ring (bicyclic) bond motifs is 1. The molecule has 98 valence electrons. The number of nitrogen functional groups attached to an aromatic ring is 1. The highest BCUT2D eigenvalue weighted by molar-refractivity contribution is 7.22. The Morgan fingerprint density at radius 1 is 1.25 bits per heavy atom. The molecule has 0 unspecified atom stereocenters. The van der Waals surface area contributed by atoms with Crippen molar-refractivity contribution in [3.05, 3.63) is 24.5 Å². The quantitative estimate of drug-likeness (QED) is 0.575. The van der Waals surface area contributed by atoms with E-state index in [0.717, 1.165) is 15.8 Å². The summed E-state index contributed by atoms with van der Waals surface area (Å²) < 4.78 is 6.21. The summed E-state index contributed by atoms with van der Waals surface area (Å²) in [5, 5.41) is 10.8. The minimum Gasteiger partial charge on any atom is -0.375 e. The van der Waals surface area contributed by atoms with Gasteiger partial charge in [0, 0.05) is 5.56 Å². The number of hydrogen-bond acceptors (Lipinski definition) is 8. The Bertz CT molecular complexity index is 879. The van der Waals surface area contributed by atoms with Crippen LogP contribution in [-0.2, 0) is 0 Å². The standard InChI is InChI=1S/C11H7N7OS/c12-11-15-6-2-1-5(3-7(6)20-11)10-16-9(18-19-10)8-13-4-14-17-8/h1-4H,(H2,12,15)(H,13,14,17). The molecule has 9 heteroatoms. The van der Waals surface area contributed by atoms with E-state index in [4.69, 9.17) is 10.3 Å². The summed E-state index contributed by atoms with van der Waals surface area (Å²) in [5.41, 5.74) is 7.34. The first-order valence-corrected chi connectivity index (χ1v) is 6.47. The second-order valence-corrected chi connectivity index (χ2v) is 5.05. The molecule has 20 heavy (non-hydrogen) atoms. The number of nitrogens with zero attached hydrogens (tertiary/aromatic N) is 5. The Morgan fingerprint density at radius 2 is 2.20 bits per heavy atom. The number of benzene rings is 1. The number of thiazole rings is 1. The third-order valence-electron chi connectivity index (χ3n) is 2.70. The summed E-state index contributed by atoms with van der Waals surface area (Å²) in [6.45, 7) is 0. The molecule has 0 radical (unpaired) electrons. The van der Waals surface area contributed by atoms with E-state index in [1.165, 1.54) is 17.7 Å². The molecule has 3 aromatic heterocycles. The molecular weight excluding hydrogens is 278 g/mol. The smallest absolute Gasteiger partial charge is 0.258 e. The summed E-state index contributed by atoms with van der Waals surface area (Å²) in [7, 11) is 0. The van der Waals surface area contributed by atoms with Gasteiger partial charge < -0.3 is 10.3 Å². The molecule has 0 saturated heterocycles. The van der Waals surface area contributed by atoms with Crippen LogP contribution in [0.15, 0.2) is 29.0 Å². The van der Waals surface area contributed by atoms with Crippen molar-refractivity contribution in [2.45, 2.75) is 0 Å². The average Bonchev–Trinajstić information content (AvgIpc) is 3.17. The zero-order valence-electron chi connectivity index (χ0n) is 9.94. The fraction of sp³-hybridized carbons (Fsp3) is 0. The van der Waals surface area contributed by atoms with Crippen molar-refractivity contribution in [1.82, 2.24) is 30.3 Å². The summed E-state index contributed by atoms with van der Waals surface area (Å²) in [6.07, 6.45) is 1.39. The number of aromatic amines is 1. The van der Waals surface area contributed by atoms with Gasteiger partial charge in [-0.15, -0.1) is 0 Å². The van der Waals surface area contributed by atoms with E-state index in [9.17, 15) is 0 Å². The van der Waals surface area contributed by atoms with Crippen molar-refractivity contribution in [3.63, 3.8) is 0 Å². The normalized spacial score (nSPS) is 11.2. The van der Waals surface area contributed by atoms with Crippen LogP contribution < -0.4 is 5.73 Å². The predicted octanol–water partition coefficient (Wildman–Crippen LogP) is 1.71. The van der Waals surface area contributed by atoms with Gasteiger partial charge in [-0.05, 0) is 18.2 Å². The minimum atomic E-state index is 0.362. The molecule has 8 nitrogen and oxygen atoms in total. The highest BCUT2D eigenvalue weighted by Crippen LogP contribution is 2.29. The Balaban J connectivity index is 1.78. The number of aromatic nitrogens is 6. The molecule has 4 aromatic rings. The minimum absolute atomic E-state index is 0.362. The number of hydrogen-bond donors (Lipinski definition) is 2. The van der Waals surface area contributed by atoms with Crippen molar-refractivity contribution in [1.29, 1.82) is 0 Å². The van der Waals surface area contributed by atoms with E-state index in [1.807, 2.05) is 18.2 Å². The second-order valence-electron chi connectivity index (χ2n) is 3.99. The molecule has 3 heterocycles. The van der Waals surface area contributed by atoms with Gasteiger partial charge in [0.2, 0.25) is 5.82 Å². The third kappa shape index (κ3) is 1.72. The van der Waals surface area contributed by atoms with Crippen LogP contribution in [0.3, 0.4) is 0 Å². The molecule has 0 bridgehead atoms. The van der Waals surface area contributed by atoms with Gasteiger partial charge in [-0.25, -0.2) is 9.97 Å². The maximum absolute atomic E-state index is 5.68. The number of nitrogens with one attached hydrogen (secondary N) is 1. The zero-order valence-corrected chi connectivity index (χ0v) is 10.8. The monoisotopic (exact) mass is 285 g/mol. The summed E-state index contributed by atoms with van der Waals surface area (Å²) in [4.78, 5) is 12.4. The molecule has 0 aliphatic rings. The van der Waals surface area contributed by atoms with Gasteiger partial charge in [-0.3, -0.25) is 5.10 Å².